The third kappa shape index (κ3) is 0.673. The van der Waals surface area contributed by atoms with Gasteiger partial charge in [0, 0.05) is 5.39 Å². The Hall–Kier alpha value is -1.38. The third-order valence-corrected chi connectivity index (χ3v) is 1.33. The SMILES string of the molecule is Fc1ccc2[c]n[nH]c2c1. The molecule has 1 N–H and O–H groups in total. The van der Waals surface area contributed by atoms with Gasteiger partial charge < -0.3 is 0 Å². The predicted octanol–water partition coefficient (Wildman–Crippen LogP) is 1.50. The van der Waals surface area contributed by atoms with Gasteiger partial charge in [-0.3, -0.25) is 5.10 Å². The number of rotatable bonds is 0. The molecule has 1 aromatic heterocycles. The van der Waals surface area contributed by atoms with Crippen LogP contribution in [0.4, 0.5) is 4.39 Å². The van der Waals surface area contributed by atoms with Crippen LogP contribution in [0.25, 0.3) is 10.9 Å². The fourth-order valence-corrected chi connectivity index (χ4v) is 0.855. The molecule has 10 heavy (non-hydrogen) atoms. The Morgan fingerprint density at radius 3 is 3.30 bits per heavy atom. The Balaban J connectivity index is 2.86. The van der Waals surface area contributed by atoms with Gasteiger partial charge in [-0.25, -0.2) is 4.39 Å². The van der Waals surface area contributed by atoms with Crippen molar-refractivity contribution in [2.45, 2.75) is 0 Å². The zero-order valence-electron chi connectivity index (χ0n) is 5.06. The molecule has 0 amide bonds. The summed E-state index contributed by atoms with van der Waals surface area (Å²) in [5, 5.41) is 7.05. The van der Waals surface area contributed by atoms with Gasteiger partial charge >= 0.3 is 0 Å². The minimum Gasteiger partial charge on any atom is -0.277 e. The van der Waals surface area contributed by atoms with E-state index in [0.29, 0.717) is 5.52 Å². The number of hydrogen-bond donors (Lipinski definition) is 1. The Morgan fingerprint density at radius 2 is 2.40 bits per heavy atom. The highest BCUT2D eigenvalue weighted by Crippen LogP contribution is 2.10. The lowest BCUT2D eigenvalue weighted by molar-refractivity contribution is 0.629. The van der Waals surface area contributed by atoms with Crippen LogP contribution < -0.4 is 0 Å². The van der Waals surface area contributed by atoms with Crippen molar-refractivity contribution in [2.75, 3.05) is 0 Å². The molecule has 0 fully saturated rings. The molecule has 49 valence electrons. The lowest BCUT2D eigenvalue weighted by atomic mass is 10.2. The minimum absolute atomic E-state index is 0.259. The van der Waals surface area contributed by atoms with E-state index in [1.165, 1.54) is 12.1 Å². The molecule has 1 aromatic carbocycles. The van der Waals surface area contributed by atoms with Gasteiger partial charge in [-0.05, 0) is 18.2 Å². The van der Waals surface area contributed by atoms with Crippen LogP contribution in [0.1, 0.15) is 0 Å². The second-order valence-corrected chi connectivity index (χ2v) is 2.03. The van der Waals surface area contributed by atoms with E-state index < -0.39 is 0 Å². The highest BCUT2D eigenvalue weighted by atomic mass is 19.1. The molecule has 0 spiro atoms. The van der Waals surface area contributed by atoms with Crippen LogP contribution in [0.3, 0.4) is 0 Å². The Labute approximate surface area is 56.7 Å². The van der Waals surface area contributed by atoms with Crippen molar-refractivity contribution in [1.82, 2.24) is 10.2 Å². The summed E-state index contributed by atoms with van der Waals surface area (Å²) in [7, 11) is 0. The molecule has 2 rings (SSSR count). The van der Waals surface area contributed by atoms with Crippen molar-refractivity contribution in [1.29, 1.82) is 0 Å². The second kappa shape index (κ2) is 1.80. The lowest BCUT2D eigenvalue weighted by Gasteiger charge is -1.85. The smallest absolute Gasteiger partial charge is 0.125 e. The summed E-state index contributed by atoms with van der Waals surface area (Å²) in [4.78, 5) is 0. The number of hydrogen-bond acceptors (Lipinski definition) is 1. The maximum atomic E-state index is 12.5. The summed E-state index contributed by atoms with van der Waals surface area (Å²) < 4.78 is 12.5. The van der Waals surface area contributed by atoms with Gasteiger partial charge in [-0.1, -0.05) is 0 Å². The van der Waals surface area contributed by atoms with E-state index in [2.05, 4.69) is 16.4 Å². The van der Waals surface area contributed by atoms with E-state index >= 15 is 0 Å². The molecule has 0 unspecified atom stereocenters. The number of aromatic nitrogens is 2. The van der Waals surface area contributed by atoms with Crippen molar-refractivity contribution in [3.8, 4) is 0 Å². The van der Waals surface area contributed by atoms with Crippen molar-refractivity contribution in [2.24, 2.45) is 0 Å². The van der Waals surface area contributed by atoms with Crippen LogP contribution in [0, 0.1) is 12.0 Å². The normalized spacial score (nSPS) is 10.5. The van der Waals surface area contributed by atoms with Crippen LogP contribution in [0.5, 0.6) is 0 Å². The standard InChI is InChI=1S/C7H4FN2/c8-6-2-1-5-4-9-10-7(5)3-6/h1-3H,(H,9,10). The summed E-state index contributed by atoms with van der Waals surface area (Å²) in [6.45, 7) is 0. The van der Waals surface area contributed by atoms with Gasteiger partial charge in [-0.15, -0.1) is 0 Å². The number of aromatic amines is 1. The van der Waals surface area contributed by atoms with Crippen LogP contribution in [-0.4, -0.2) is 10.2 Å². The molecular formula is C7H4FN2. The van der Waals surface area contributed by atoms with Crippen LogP contribution in [0.2, 0.25) is 0 Å². The molecular weight excluding hydrogens is 131 g/mol. The largest absolute Gasteiger partial charge is 0.277 e. The van der Waals surface area contributed by atoms with Crippen molar-refractivity contribution >= 4 is 10.9 Å². The Bertz CT molecular complexity index is 353. The Morgan fingerprint density at radius 1 is 1.50 bits per heavy atom. The quantitative estimate of drug-likeness (QED) is 0.582. The van der Waals surface area contributed by atoms with Crippen molar-refractivity contribution in [3.63, 3.8) is 0 Å². The molecule has 0 bridgehead atoms. The number of fused-ring (bicyclic) bond motifs is 1. The number of nitrogens with zero attached hydrogens (tertiary/aromatic N) is 1. The molecule has 0 atom stereocenters. The molecule has 3 heteroatoms. The minimum atomic E-state index is -0.259. The molecule has 0 saturated heterocycles. The number of halogens is 1. The summed E-state index contributed by atoms with van der Waals surface area (Å²) in [6.07, 6.45) is 2.67. The maximum Gasteiger partial charge on any atom is 0.125 e. The Kier molecular flexibility index (Phi) is 0.974. The monoisotopic (exact) mass is 135 g/mol. The van der Waals surface area contributed by atoms with E-state index in [0.717, 1.165) is 5.39 Å². The van der Waals surface area contributed by atoms with Gasteiger partial charge in [-0.2, -0.15) is 5.10 Å². The first-order chi connectivity index (χ1) is 4.86. The fraction of sp³-hybridized carbons (Fsp3) is 0. The first kappa shape index (κ1) is 5.41. The molecule has 2 aromatic rings. The molecule has 1 radical (unpaired) electrons. The van der Waals surface area contributed by atoms with Crippen LogP contribution >= 0.6 is 0 Å². The van der Waals surface area contributed by atoms with Gasteiger partial charge in [0.25, 0.3) is 0 Å². The average molecular weight is 135 g/mol. The van der Waals surface area contributed by atoms with E-state index in [1.54, 1.807) is 6.07 Å². The van der Waals surface area contributed by atoms with Crippen molar-refractivity contribution < 1.29 is 4.39 Å². The highest BCUT2D eigenvalue weighted by molar-refractivity contribution is 5.76. The third-order valence-electron chi connectivity index (χ3n) is 1.33. The summed E-state index contributed by atoms with van der Waals surface area (Å²) in [6, 6.07) is 4.40. The number of benzene rings is 1. The zero-order valence-corrected chi connectivity index (χ0v) is 5.06. The number of nitrogens with one attached hydrogen (secondary N) is 1. The van der Waals surface area contributed by atoms with E-state index in [4.69, 9.17) is 0 Å². The summed E-state index contributed by atoms with van der Waals surface area (Å²) in [5.74, 6) is -0.259. The number of H-pyrrole nitrogens is 1. The van der Waals surface area contributed by atoms with Crippen molar-refractivity contribution in [3.05, 3.63) is 30.2 Å². The lowest BCUT2D eigenvalue weighted by Crippen LogP contribution is -1.71. The predicted molar refractivity (Wildman–Crippen MR) is 34.9 cm³/mol. The van der Waals surface area contributed by atoms with E-state index in [1.807, 2.05) is 0 Å². The van der Waals surface area contributed by atoms with Gasteiger partial charge in [0.05, 0.1) is 5.52 Å². The van der Waals surface area contributed by atoms with Crippen LogP contribution in [-0.2, 0) is 0 Å². The summed E-state index contributed by atoms with van der Waals surface area (Å²) in [5.41, 5.74) is 0.681. The summed E-state index contributed by atoms with van der Waals surface area (Å²) >= 11 is 0. The first-order valence-corrected chi connectivity index (χ1v) is 2.87. The molecule has 2 nitrogen and oxygen atoms in total. The van der Waals surface area contributed by atoms with Crippen LogP contribution in [0.15, 0.2) is 18.2 Å². The first-order valence-electron chi connectivity index (χ1n) is 2.87. The maximum absolute atomic E-state index is 12.5. The molecule has 0 aliphatic carbocycles. The van der Waals surface area contributed by atoms with Gasteiger partial charge in [0.1, 0.15) is 12.0 Å². The molecule has 0 aliphatic heterocycles. The zero-order chi connectivity index (χ0) is 6.97. The topological polar surface area (TPSA) is 28.7 Å². The highest BCUT2D eigenvalue weighted by Gasteiger charge is 1.95. The van der Waals surface area contributed by atoms with Gasteiger partial charge in [0.15, 0.2) is 0 Å². The second-order valence-electron chi connectivity index (χ2n) is 2.03. The molecule has 1 heterocycles. The van der Waals surface area contributed by atoms with E-state index in [9.17, 15) is 4.39 Å². The molecule has 0 saturated carbocycles. The molecule has 0 aliphatic rings. The fourth-order valence-electron chi connectivity index (χ4n) is 0.855. The average Bonchev–Trinajstić information content (AvgIpc) is 2.33. The van der Waals surface area contributed by atoms with E-state index in [-0.39, 0.29) is 5.82 Å². The van der Waals surface area contributed by atoms with Gasteiger partial charge in [0.2, 0.25) is 0 Å².